The minimum Gasteiger partial charge on any atom is -0.495 e. The van der Waals surface area contributed by atoms with Crippen LogP contribution in [-0.4, -0.2) is 13.0 Å². The van der Waals surface area contributed by atoms with Gasteiger partial charge in [-0.15, -0.1) is 0 Å². The van der Waals surface area contributed by atoms with E-state index in [1.54, 1.807) is 25.3 Å². The minimum absolute atomic E-state index is 0.185. The van der Waals surface area contributed by atoms with Crippen molar-refractivity contribution in [3.8, 4) is 5.75 Å². The lowest BCUT2D eigenvalue weighted by atomic mass is 10.1. The van der Waals surface area contributed by atoms with E-state index in [1.165, 1.54) is 0 Å². The number of ether oxygens (including phenoxy) is 1. The Morgan fingerprint density at radius 1 is 1.29 bits per heavy atom. The van der Waals surface area contributed by atoms with Crippen molar-refractivity contribution in [2.24, 2.45) is 0 Å². The molecule has 0 spiro atoms. The van der Waals surface area contributed by atoms with Crippen LogP contribution in [0.3, 0.4) is 0 Å². The Morgan fingerprint density at radius 3 is 2.67 bits per heavy atom. The second-order valence-corrected chi connectivity index (χ2v) is 6.11. The van der Waals surface area contributed by atoms with Crippen LogP contribution < -0.4 is 10.1 Å². The second-order valence-electron chi connectivity index (χ2n) is 4.46. The molecule has 0 saturated heterocycles. The third kappa shape index (κ3) is 3.89. The number of carbonyl (C=O) groups excluding carboxylic acids is 1. The largest absolute Gasteiger partial charge is 0.495 e. The van der Waals surface area contributed by atoms with Crippen molar-refractivity contribution in [3.05, 3.63) is 56.1 Å². The SMILES string of the molecule is CCc1cc(I)ccc1NC(=O)c1ccc(OC)c(Cl)c1. The molecular weight excluding hydrogens is 401 g/mol. The summed E-state index contributed by atoms with van der Waals surface area (Å²) in [5.74, 6) is 0.368. The fourth-order valence-corrected chi connectivity index (χ4v) is 2.79. The lowest BCUT2D eigenvalue weighted by Crippen LogP contribution is -2.13. The van der Waals surface area contributed by atoms with Gasteiger partial charge in [-0.05, 0) is 71.0 Å². The van der Waals surface area contributed by atoms with Crippen LogP contribution in [-0.2, 0) is 6.42 Å². The summed E-state index contributed by atoms with van der Waals surface area (Å²) in [7, 11) is 1.54. The summed E-state index contributed by atoms with van der Waals surface area (Å²) in [6, 6.07) is 10.9. The Hall–Kier alpha value is -1.27. The normalized spacial score (nSPS) is 10.3. The van der Waals surface area contributed by atoms with Crippen LogP contribution in [0.1, 0.15) is 22.8 Å². The maximum atomic E-state index is 12.3. The molecule has 0 saturated carbocycles. The van der Waals surface area contributed by atoms with E-state index < -0.39 is 0 Å². The number of nitrogens with one attached hydrogen (secondary N) is 1. The Balaban J connectivity index is 2.24. The van der Waals surface area contributed by atoms with Gasteiger partial charge in [-0.3, -0.25) is 4.79 Å². The number of methoxy groups -OCH3 is 1. The van der Waals surface area contributed by atoms with Gasteiger partial charge in [-0.25, -0.2) is 0 Å². The number of aryl methyl sites for hydroxylation is 1. The fourth-order valence-electron chi connectivity index (χ4n) is 1.98. The third-order valence-electron chi connectivity index (χ3n) is 3.11. The van der Waals surface area contributed by atoms with Gasteiger partial charge in [0, 0.05) is 14.8 Å². The predicted molar refractivity (Wildman–Crippen MR) is 94.5 cm³/mol. The molecule has 3 nitrogen and oxygen atoms in total. The molecule has 2 aromatic rings. The van der Waals surface area contributed by atoms with Crippen LogP contribution in [0.4, 0.5) is 5.69 Å². The molecule has 0 fully saturated rings. The predicted octanol–water partition coefficient (Wildman–Crippen LogP) is 4.77. The topological polar surface area (TPSA) is 38.3 Å². The molecule has 1 N–H and O–H groups in total. The van der Waals surface area contributed by atoms with Crippen molar-refractivity contribution in [1.82, 2.24) is 0 Å². The van der Waals surface area contributed by atoms with Crippen LogP contribution in [0.2, 0.25) is 5.02 Å². The van der Waals surface area contributed by atoms with E-state index in [2.05, 4.69) is 40.9 Å². The van der Waals surface area contributed by atoms with E-state index in [0.717, 1.165) is 21.2 Å². The van der Waals surface area contributed by atoms with Gasteiger partial charge in [-0.1, -0.05) is 18.5 Å². The smallest absolute Gasteiger partial charge is 0.255 e. The van der Waals surface area contributed by atoms with Gasteiger partial charge in [0.15, 0.2) is 0 Å². The van der Waals surface area contributed by atoms with Gasteiger partial charge in [0.05, 0.1) is 12.1 Å². The first kappa shape index (κ1) is 16.1. The molecule has 0 aliphatic carbocycles. The average Bonchev–Trinajstić information content (AvgIpc) is 2.48. The molecule has 1 amide bonds. The first-order chi connectivity index (χ1) is 10.0. The second kappa shape index (κ2) is 7.13. The molecule has 21 heavy (non-hydrogen) atoms. The average molecular weight is 416 g/mol. The summed E-state index contributed by atoms with van der Waals surface area (Å²) in [4.78, 5) is 12.3. The molecule has 110 valence electrons. The van der Waals surface area contributed by atoms with E-state index in [0.29, 0.717) is 16.3 Å². The summed E-state index contributed by atoms with van der Waals surface area (Å²) >= 11 is 8.31. The summed E-state index contributed by atoms with van der Waals surface area (Å²) < 4.78 is 6.23. The van der Waals surface area contributed by atoms with Crippen LogP contribution in [0.25, 0.3) is 0 Å². The molecule has 0 heterocycles. The van der Waals surface area contributed by atoms with Crippen molar-refractivity contribution >= 4 is 45.8 Å². The Bertz CT molecular complexity index is 673. The fraction of sp³-hybridized carbons (Fsp3) is 0.188. The maximum absolute atomic E-state index is 12.3. The van der Waals surface area contributed by atoms with Crippen LogP contribution >= 0.6 is 34.2 Å². The van der Waals surface area contributed by atoms with Crippen LogP contribution in [0.15, 0.2) is 36.4 Å². The molecule has 0 unspecified atom stereocenters. The molecule has 0 atom stereocenters. The van der Waals surface area contributed by atoms with Crippen LogP contribution in [0.5, 0.6) is 5.75 Å². The monoisotopic (exact) mass is 415 g/mol. The van der Waals surface area contributed by atoms with Gasteiger partial charge in [0.25, 0.3) is 5.91 Å². The van der Waals surface area contributed by atoms with Crippen molar-refractivity contribution in [1.29, 1.82) is 0 Å². The van der Waals surface area contributed by atoms with Gasteiger partial charge in [0.1, 0.15) is 5.75 Å². The Kier molecular flexibility index (Phi) is 5.47. The number of amides is 1. The molecule has 0 radical (unpaired) electrons. The van der Waals surface area contributed by atoms with E-state index in [4.69, 9.17) is 16.3 Å². The third-order valence-corrected chi connectivity index (χ3v) is 4.08. The first-order valence-corrected chi connectivity index (χ1v) is 7.94. The lowest BCUT2D eigenvalue weighted by molar-refractivity contribution is 0.102. The van der Waals surface area contributed by atoms with E-state index >= 15 is 0 Å². The van der Waals surface area contributed by atoms with Crippen molar-refractivity contribution in [3.63, 3.8) is 0 Å². The number of halogens is 2. The van der Waals surface area contributed by atoms with Crippen molar-refractivity contribution in [2.75, 3.05) is 12.4 Å². The molecule has 0 aromatic heterocycles. The van der Waals surface area contributed by atoms with E-state index in [-0.39, 0.29) is 5.91 Å². The molecule has 0 aliphatic heterocycles. The Morgan fingerprint density at radius 2 is 2.05 bits per heavy atom. The maximum Gasteiger partial charge on any atom is 0.255 e. The van der Waals surface area contributed by atoms with Gasteiger partial charge < -0.3 is 10.1 Å². The summed E-state index contributed by atoms with van der Waals surface area (Å²) in [5.41, 5.74) is 2.44. The summed E-state index contributed by atoms with van der Waals surface area (Å²) in [6.07, 6.45) is 0.857. The van der Waals surface area contributed by atoms with Gasteiger partial charge >= 0.3 is 0 Å². The van der Waals surface area contributed by atoms with E-state index in [9.17, 15) is 4.79 Å². The number of hydrogen-bond acceptors (Lipinski definition) is 2. The number of hydrogen-bond donors (Lipinski definition) is 1. The number of carbonyl (C=O) groups is 1. The highest BCUT2D eigenvalue weighted by Crippen LogP contribution is 2.26. The lowest BCUT2D eigenvalue weighted by Gasteiger charge is -2.11. The highest BCUT2D eigenvalue weighted by molar-refractivity contribution is 14.1. The molecule has 2 rings (SSSR count). The van der Waals surface area contributed by atoms with Gasteiger partial charge in [-0.2, -0.15) is 0 Å². The summed E-state index contributed by atoms with van der Waals surface area (Å²) in [6.45, 7) is 2.06. The Labute approximate surface area is 142 Å². The number of anilines is 1. The minimum atomic E-state index is -0.185. The first-order valence-electron chi connectivity index (χ1n) is 6.48. The van der Waals surface area contributed by atoms with Crippen molar-refractivity contribution in [2.45, 2.75) is 13.3 Å². The summed E-state index contributed by atoms with van der Waals surface area (Å²) in [5, 5.41) is 3.35. The molecule has 0 bridgehead atoms. The molecule has 5 heteroatoms. The molecule has 0 aliphatic rings. The molecule has 2 aromatic carbocycles. The van der Waals surface area contributed by atoms with Crippen molar-refractivity contribution < 1.29 is 9.53 Å². The zero-order valence-corrected chi connectivity index (χ0v) is 14.7. The highest BCUT2D eigenvalue weighted by Gasteiger charge is 2.11. The highest BCUT2D eigenvalue weighted by atomic mass is 127. The standard InChI is InChI=1S/C16H15ClINO2/c1-3-10-8-12(18)5-6-14(10)19-16(20)11-4-7-15(21-2)13(17)9-11/h4-9H,3H2,1-2H3,(H,19,20). The van der Waals surface area contributed by atoms with E-state index in [1.807, 2.05) is 12.1 Å². The zero-order valence-electron chi connectivity index (χ0n) is 11.7. The van der Waals surface area contributed by atoms with Crippen LogP contribution in [0, 0.1) is 3.57 Å². The molecular formula is C16H15ClINO2. The quantitative estimate of drug-likeness (QED) is 0.731. The number of benzene rings is 2. The zero-order chi connectivity index (χ0) is 15.4. The van der Waals surface area contributed by atoms with Gasteiger partial charge in [0.2, 0.25) is 0 Å². The number of rotatable bonds is 4.